The summed E-state index contributed by atoms with van der Waals surface area (Å²) in [5.41, 5.74) is 6.56. The van der Waals surface area contributed by atoms with E-state index in [1.807, 2.05) is 12.3 Å². The fourth-order valence-corrected chi connectivity index (χ4v) is 3.30. The van der Waals surface area contributed by atoms with Crippen LogP contribution in [0.5, 0.6) is 0 Å². The topological polar surface area (TPSA) is 18.8 Å². The quantitative estimate of drug-likeness (QED) is 0.741. The van der Waals surface area contributed by atoms with E-state index >= 15 is 0 Å². The van der Waals surface area contributed by atoms with Crippen LogP contribution in [0.4, 0.5) is 0 Å². The number of allylic oxidation sites excluding steroid dienone is 1. The highest BCUT2D eigenvalue weighted by atomic mass is 15.5. The first kappa shape index (κ1) is 18.4. The number of rotatable bonds is 5. The van der Waals surface area contributed by atoms with Crippen LogP contribution in [-0.4, -0.2) is 42.3 Å². The maximum atomic E-state index is 4.66. The average molecular weight is 348 g/mol. The van der Waals surface area contributed by atoms with Gasteiger partial charge in [0.15, 0.2) is 0 Å². The zero-order valence-corrected chi connectivity index (χ0v) is 16.2. The Kier molecular flexibility index (Phi) is 6.24. The molecular weight excluding hydrogens is 318 g/mol. The van der Waals surface area contributed by atoms with Crippen LogP contribution in [-0.2, 0) is 6.54 Å². The molecular formula is C23H29N3. The van der Waals surface area contributed by atoms with Crippen molar-refractivity contribution >= 4 is 12.3 Å². The summed E-state index contributed by atoms with van der Waals surface area (Å²) in [6.07, 6.45) is 4.15. The van der Waals surface area contributed by atoms with Crippen LogP contribution >= 0.6 is 0 Å². The van der Waals surface area contributed by atoms with Crippen LogP contribution in [0, 0.1) is 13.8 Å². The van der Waals surface area contributed by atoms with Gasteiger partial charge in [0.25, 0.3) is 0 Å². The van der Waals surface area contributed by atoms with Crippen LogP contribution < -0.4 is 0 Å². The summed E-state index contributed by atoms with van der Waals surface area (Å²) in [6.45, 7) is 11.6. The fraction of sp³-hybridized carbons (Fsp3) is 0.348. The van der Waals surface area contributed by atoms with Crippen molar-refractivity contribution in [2.45, 2.75) is 27.3 Å². The van der Waals surface area contributed by atoms with E-state index < -0.39 is 0 Å². The Balaban J connectivity index is 1.50. The zero-order valence-electron chi connectivity index (χ0n) is 16.2. The van der Waals surface area contributed by atoms with Crippen molar-refractivity contribution in [1.29, 1.82) is 0 Å². The number of hydrogen-bond donors (Lipinski definition) is 0. The molecule has 0 saturated carbocycles. The van der Waals surface area contributed by atoms with Gasteiger partial charge in [-0.15, -0.1) is 0 Å². The number of aryl methyl sites for hydroxylation is 2. The second kappa shape index (κ2) is 8.81. The Morgan fingerprint density at radius 2 is 1.73 bits per heavy atom. The monoisotopic (exact) mass is 347 g/mol. The van der Waals surface area contributed by atoms with Crippen molar-refractivity contribution in [1.82, 2.24) is 9.91 Å². The van der Waals surface area contributed by atoms with Crippen LogP contribution in [0.2, 0.25) is 0 Å². The van der Waals surface area contributed by atoms with E-state index in [9.17, 15) is 0 Å². The lowest BCUT2D eigenvalue weighted by Gasteiger charge is -2.33. The van der Waals surface area contributed by atoms with Gasteiger partial charge < -0.3 is 0 Å². The molecule has 1 fully saturated rings. The molecule has 1 aliphatic heterocycles. The van der Waals surface area contributed by atoms with Gasteiger partial charge in [0.2, 0.25) is 0 Å². The van der Waals surface area contributed by atoms with Gasteiger partial charge in [0.1, 0.15) is 0 Å². The molecule has 0 unspecified atom stereocenters. The summed E-state index contributed by atoms with van der Waals surface area (Å²) in [7, 11) is 0. The minimum atomic E-state index is 0.986. The van der Waals surface area contributed by atoms with Crippen molar-refractivity contribution in [2.24, 2.45) is 5.10 Å². The maximum absolute atomic E-state index is 4.66. The molecule has 1 heterocycles. The molecule has 3 heteroatoms. The van der Waals surface area contributed by atoms with Crippen LogP contribution in [0.3, 0.4) is 0 Å². The lowest BCUT2D eigenvalue weighted by atomic mass is 10.1. The van der Waals surface area contributed by atoms with Crippen LogP contribution in [0.25, 0.3) is 6.08 Å². The average Bonchev–Trinajstić information content (AvgIpc) is 2.64. The smallest absolute Gasteiger partial charge is 0.0499 e. The summed E-state index contributed by atoms with van der Waals surface area (Å²) >= 11 is 0. The Morgan fingerprint density at radius 3 is 2.42 bits per heavy atom. The Bertz CT molecular complexity index is 769. The van der Waals surface area contributed by atoms with E-state index in [-0.39, 0.29) is 0 Å². The van der Waals surface area contributed by atoms with Crippen molar-refractivity contribution in [3.05, 3.63) is 76.4 Å². The molecule has 3 rings (SSSR count). The Morgan fingerprint density at radius 1 is 1.00 bits per heavy atom. The molecule has 2 aromatic carbocycles. The predicted molar refractivity (Wildman–Crippen MR) is 111 cm³/mol. The van der Waals surface area contributed by atoms with E-state index in [1.54, 1.807) is 0 Å². The number of hydrogen-bond acceptors (Lipinski definition) is 3. The second-order valence-electron chi connectivity index (χ2n) is 7.20. The van der Waals surface area contributed by atoms with Gasteiger partial charge in [-0.05, 0) is 43.0 Å². The molecule has 1 aliphatic rings. The summed E-state index contributed by atoms with van der Waals surface area (Å²) < 4.78 is 0. The highest BCUT2D eigenvalue weighted by molar-refractivity contribution is 5.84. The third-order valence-corrected chi connectivity index (χ3v) is 4.86. The van der Waals surface area contributed by atoms with Crippen molar-refractivity contribution in [3.8, 4) is 0 Å². The highest BCUT2D eigenvalue weighted by Gasteiger charge is 2.16. The SMILES string of the molecule is CC(/C=N\N1CCN(Cc2ccc(C)cc2C)CC1)=C\c1ccccc1. The number of piperazine rings is 1. The zero-order chi connectivity index (χ0) is 18.4. The standard InChI is InChI=1S/C23H29N3/c1-19-9-10-23(21(3)15-19)18-25-11-13-26(14-12-25)24-17-20(2)16-22-7-5-4-6-8-22/h4-10,15-17H,11-14,18H2,1-3H3/b20-16+,24-17-. The van der Waals surface area contributed by atoms with Gasteiger partial charge in [-0.2, -0.15) is 5.10 Å². The Labute approximate surface area is 157 Å². The molecule has 0 N–H and O–H groups in total. The fourth-order valence-electron chi connectivity index (χ4n) is 3.30. The third kappa shape index (κ3) is 5.30. The largest absolute Gasteiger partial charge is 0.295 e. The van der Waals surface area contributed by atoms with Crippen molar-refractivity contribution in [2.75, 3.05) is 26.2 Å². The summed E-state index contributed by atoms with van der Waals surface area (Å²) in [5, 5.41) is 6.84. The van der Waals surface area contributed by atoms with Gasteiger partial charge in [-0.1, -0.05) is 60.2 Å². The summed E-state index contributed by atoms with van der Waals surface area (Å²) in [4.78, 5) is 2.52. The van der Waals surface area contributed by atoms with Gasteiger partial charge in [0.05, 0.1) is 0 Å². The molecule has 0 aromatic heterocycles. The summed E-state index contributed by atoms with van der Waals surface area (Å²) in [6, 6.07) is 17.1. The predicted octanol–water partition coefficient (Wildman–Crippen LogP) is 4.51. The molecule has 1 saturated heterocycles. The molecule has 26 heavy (non-hydrogen) atoms. The van der Waals surface area contributed by atoms with Crippen molar-refractivity contribution < 1.29 is 0 Å². The first-order valence-corrected chi connectivity index (χ1v) is 9.41. The molecule has 0 radical (unpaired) electrons. The third-order valence-electron chi connectivity index (χ3n) is 4.86. The Hall–Kier alpha value is -2.39. The van der Waals surface area contributed by atoms with E-state index in [0.29, 0.717) is 0 Å². The minimum absolute atomic E-state index is 0.986. The first-order chi connectivity index (χ1) is 12.6. The highest BCUT2D eigenvalue weighted by Crippen LogP contribution is 2.14. The van der Waals surface area contributed by atoms with Gasteiger partial charge in [0, 0.05) is 38.9 Å². The van der Waals surface area contributed by atoms with Crippen molar-refractivity contribution in [3.63, 3.8) is 0 Å². The molecule has 0 aliphatic carbocycles. The molecule has 3 nitrogen and oxygen atoms in total. The lowest BCUT2D eigenvalue weighted by molar-refractivity contribution is 0.131. The number of benzene rings is 2. The molecule has 0 amide bonds. The maximum Gasteiger partial charge on any atom is 0.0499 e. The van der Waals surface area contributed by atoms with Gasteiger partial charge in [-0.3, -0.25) is 9.91 Å². The van der Waals surface area contributed by atoms with E-state index in [4.69, 9.17) is 0 Å². The lowest BCUT2D eigenvalue weighted by Crippen LogP contribution is -2.43. The minimum Gasteiger partial charge on any atom is -0.295 e. The normalized spacial score (nSPS) is 16.4. The van der Waals surface area contributed by atoms with Crippen LogP contribution in [0.15, 0.2) is 59.2 Å². The molecule has 0 atom stereocenters. The number of hydrazone groups is 1. The molecule has 0 bridgehead atoms. The number of nitrogens with zero attached hydrogens (tertiary/aromatic N) is 3. The first-order valence-electron chi connectivity index (χ1n) is 9.41. The summed E-state index contributed by atoms with van der Waals surface area (Å²) in [5.74, 6) is 0. The molecule has 0 spiro atoms. The second-order valence-corrected chi connectivity index (χ2v) is 7.20. The van der Waals surface area contributed by atoms with Gasteiger partial charge in [-0.25, -0.2) is 0 Å². The van der Waals surface area contributed by atoms with Crippen LogP contribution in [0.1, 0.15) is 29.2 Å². The molecule has 2 aromatic rings. The van der Waals surface area contributed by atoms with E-state index in [2.05, 4.69) is 84.3 Å². The van der Waals surface area contributed by atoms with E-state index in [1.165, 1.54) is 27.8 Å². The van der Waals surface area contributed by atoms with Gasteiger partial charge >= 0.3 is 0 Å². The van der Waals surface area contributed by atoms with E-state index in [0.717, 1.165) is 32.7 Å². The molecule has 136 valence electrons.